The van der Waals surface area contributed by atoms with Gasteiger partial charge in [0.25, 0.3) is 0 Å². The molecule has 1 spiro atoms. The standard InChI is InChI=1S/C27H32N2O5/c1-4-34-20-8-10-29(14-22-21-7-9-28-25(21)17(2)11-24(22)32-3)27(13-20)16-33-15-19-12-18(26(30)31)5-6-23(19)27/h5-7,9,11-12,20,28H,4,8,10,13-16H2,1-3H3,(H,30,31)/t20-,27+/m1/s1. The molecule has 0 amide bonds. The number of likely N-dealkylation sites (tertiary alicyclic amines) is 1. The Morgan fingerprint density at radius 2 is 2.18 bits per heavy atom. The molecule has 34 heavy (non-hydrogen) atoms. The molecule has 3 heterocycles. The van der Waals surface area contributed by atoms with Crippen LogP contribution in [0.3, 0.4) is 0 Å². The summed E-state index contributed by atoms with van der Waals surface area (Å²) in [5.41, 5.74) is 5.39. The van der Waals surface area contributed by atoms with Crippen molar-refractivity contribution in [3.05, 3.63) is 64.3 Å². The molecule has 0 aliphatic carbocycles. The van der Waals surface area contributed by atoms with Crippen LogP contribution in [-0.2, 0) is 28.2 Å². The van der Waals surface area contributed by atoms with Crippen LogP contribution in [0.4, 0.5) is 0 Å². The van der Waals surface area contributed by atoms with Gasteiger partial charge in [0, 0.05) is 42.4 Å². The van der Waals surface area contributed by atoms with Gasteiger partial charge in [-0.05, 0) is 67.6 Å². The van der Waals surface area contributed by atoms with Crippen molar-refractivity contribution >= 4 is 16.9 Å². The molecule has 1 fully saturated rings. The van der Waals surface area contributed by atoms with Gasteiger partial charge in [-0.1, -0.05) is 6.07 Å². The number of ether oxygens (including phenoxy) is 3. The SMILES string of the molecule is CCO[C@@H]1CCN(Cc2c(OC)cc(C)c3[nH]ccc23)[C@]2(COCc3cc(C(=O)O)ccc32)C1. The summed E-state index contributed by atoms with van der Waals surface area (Å²) in [6.07, 6.45) is 3.83. The highest BCUT2D eigenvalue weighted by Crippen LogP contribution is 2.45. The summed E-state index contributed by atoms with van der Waals surface area (Å²) < 4.78 is 18.1. The summed E-state index contributed by atoms with van der Waals surface area (Å²) in [5.74, 6) is -0.0424. The number of H-pyrrole nitrogens is 1. The molecule has 2 aliphatic heterocycles. The van der Waals surface area contributed by atoms with E-state index in [2.05, 4.69) is 28.9 Å². The van der Waals surface area contributed by atoms with E-state index in [-0.39, 0.29) is 11.7 Å². The van der Waals surface area contributed by atoms with Crippen LogP contribution in [-0.4, -0.2) is 53.9 Å². The maximum Gasteiger partial charge on any atom is 0.335 e. The predicted octanol–water partition coefficient (Wildman–Crippen LogP) is 4.61. The van der Waals surface area contributed by atoms with Crippen molar-refractivity contribution in [3.63, 3.8) is 0 Å². The zero-order valence-corrected chi connectivity index (χ0v) is 20.0. The fourth-order valence-corrected chi connectivity index (χ4v) is 5.84. The molecule has 7 heteroatoms. The third kappa shape index (κ3) is 3.78. The average Bonchev–Trinajstić information content (AvgIpc) is 3.33. The Balaban J connectivity index is 1.61. The van der Waals surface area contributed by atoms with E-state index < -0.39 is 11.5 Å². The molecule has 1 aromatic heterocycles. The highest BCUT2D eigenvalue weighted by Gasteiger charge is 2.47. The fraction of sp³-hybridized carbons (Fsp3) is 0.444. The number of hydrogen-bond acceptors (Lipinski definition) is 5. The number of fused-ring (bicyclic) bond motifs is 3. The van der Waals surface area contributed by atoms with Gasteiger partial charge in [-0.3, -0.25) is 4.90 Å². The Bertz CT molecular complexity index is 1220. The van der Waals surface area contributed by atoms with Crippen molar-refractivity contribution in [3.8, 4) is 5.75 Å². The second-order valence-electron chi connectivity index (χ2n) is 9.33. The van der Waals surface area contributed by atoms with Crippen molar-refractivity contribution in [1.29, 1.82) is 0 Å². The number of aromatic carboxylic acids is 1. The summed E-state index contributed by atoms with van der Waals surface area (Å²) >= 11 is 0. The van der Waals surface area contributed by atoms with Gasteiger partial charge >= 0.3 is 5.97 Å². The largest absolute Gasteiger partial charge is 0.496 e. The van der Waals surface area contributed by atoms with Crippen LogP contribution in [0.2, 0.25) is 0 Å². The Morgan fingerprint density at radius 1 is 1.32 bits per heavy atom. The van der Waals surface area contributed by atoms with Crippen LogP contribution in [0.15, 0.2) is 36.5 Å². The monoisotopic (exact) mass is 464 g/mol. The molecule has 0 radical (unpaired) electrons. The van der Waals surface area contributed by atoms with E-state index in [4.69, 9.17) is 14.2 Å². The predicted molar refractivity (Wildman–Crippen MR) is 129 cm³/mol. The highest BCUT2D eigenvalue weighted by atomic mass is 16.5. The van der Waals surface area contributed by atoms with Crippen molar-refractivity contribution in [1.82, 2.24) is 9.88 Å². The van der Waals surface area contributed by atoms with Crippen LogP contribution in [0, 0.1) is 6.92 Å². The lowest BCUT2D eigenvalue weighted by Crippen LogP contribution is -2.57. The Kier molecular flexibility index (Phi) is 6.10. The molecular weight excluding hydrogens is 432 g/mol. The summed E-state index contributed by atoms with van der Waals surface area (Å²) in [6.45, 7) is 7.29. The first-order valence-electron chi connectivity index (χ1n) is 11.9. The van der Waals surface area contributed by atoms with E-state index in [0.29, 0.717) is 26.4 Å². The molecule has 0 saturated carbocycles. The van der Waals surface area contributed by atoms with E-state index in [1.165, 1.54) is 0 Å². The number of nitrogens with one attached hydrogen (secondary N) is 1. The third-order valence-corrected chi connectivity index (χ3v) is 7.43. The van der Waals surface area contributed by atoms with E-state index >= 15 is 0 Å². The molecule has 2 N–H and O–H groups in total. The Hall–Kier alpha value is -2.87. The summed E-state index contributed by atoms with van der Waals surface area (Å²) in [7, 11) is 1.72. The molecule has 2 atom stereocenters. The first-order chi connectivity index (χ1) is 16.5. The number of carboxylic acid groups (broad SMARTS) is 1. The number of piperidine rings is 1. The van der Waals surface area contributed by atoms with E-state index in [9.17, 15) is 9.90 Å². The van der Waals surface area contributed by atoms with Gasteiger partial charge in [0.05, 0.1) is 37.5 Å². The molecular formula is C27H32N2O5. The van der Waals surface area contributed by atoms with E-state index in [1.807, 2.05) is 19.2 Å². The van der Waals surface area contributed by atoms with Crippen LogP contribution in [0.1, 0.15) is 52.4 Å². The molecule has 0 bridgehead atoms. The third-order valence-electron chi connectivity index (χ3n) is 7.43. The number of carboxylic acids is 1. The molecule has 1 saturated heterocycles. The topological polar surface area (TPSA) is 84.0 Å². The van der Waals surface area contributed by atoms with E-state index in [0.717, 1.165) is 58.3 Å². The number of carbonyl (C=O) groups is 1. The van der Waals surface area contributed by atoms with Crippen LogP contribution in [0.25, 0.3) is 10.9 Å². The first-order valence-corrected chi connectivity index (χ1v) is 11.9. The van der Waals surface area contributed by atoms with Crippen molar-refractivity contribution < 1.29 is 24.1 Å². The molecule has 2 aromatic carbocycles. The van der Waals surface area contributed by atoms with Crippen molar-refractivity contribution in [2.75, 3.05) is 26.9 Å². The van der Waals surface area contributed by atoms with Crippen molar-refractivity contribution in [2.45, 2.75) is 51.5 Å². The lowest BCUT2D eigenvalue weighted by atomic mass is 9.75. The summed E-state index contributed by atoms with van der Waals surface area (Å²) in [5, 5.41) is 10.7. The van der Waals surface area contributed by atoms with Gasteiger partial charge < -0.3 is 24.3 Å². The molecule has 2 aliphatic rings. The normalized spacial score (nSPS) is 22.7. The van der Waals surface area contributed by atoms with Gasteiger partial charge in [-0.2, -0.15) is 0 Å². The molecule has 0 unspecified atom stereocenters. The number of aryl methyl sites for hydroxylation is 1. The van der Waals surface area contributed by atoms with Crippen molar-refractivity contribution in [2.24, 2.45) is 0 Å². The molecule has 3 aromatic rings. The highest BCUT2D eigenvalue weighted by molar-refractivity contribution is 5.88. The number of hydrogen-bond donors (Lipinski definition) is 2. The van der Waals surface area contributed by atoms with Gasteiger partial charge in [-0.25, -0.2) is 4.79 Å². The fourth-order valence-electron chi connectivity index (χ4n) is 5.84. The van der Waals surface area contributed by atoms with Gasteiger partial charge in [0.15, 0.2) is 0 Å². The minimum absolute atomic E-state index is 0.127. The number of aromatic amines is 1. The van der Waals surface area contributed by atoms with Gasteiger partial charge in [0.1, 0.15) is 5.75 Å². The lowest BCUT2D eigenvalue weighted by molar-refractivity contribution is -0.107. The second-order valence-corrected chi connectivity index (χ2v) is 9.33. The van der Waals surface area contributed by atoms with Crippen LogP contribution in [0.5, 0.6) is 5.75 Å². The number of methoxy groups -OCH3 is 1. The van der Waals surface area contributed by atoms with Gasteiger partial charge in [-0.15, -0.1) is 0 Å². The molecule has 5 rings (SSSR count). The molecule has 7 nitrogen and oxygen atoms in total. The van der Waals surface area contributed by atoms with E-state index in [1.54, 1.807) is 19.2 Å². The zero-order valence-electron chi connectivity index (χ0n) is 20.0. The number of rotatable bonds is 6. The Labute approximate surface area is 199 Å². The number of aromatic nitrogens is 1. The average molecular weight is 465 g/mol. The quantitative estimate of drug-likeness (QED) is 0.554. The maximum atomic E-state index is 11.6. The first kappa shape index (κ1) is 22.9. The van der Waals surface area contributed by atoms with Crippen LogP contribution < -0.4 is 4.74 Å². The van der Waals surface area contributed by atoms with Gasteiger partial charge in [0.2, 0.25) is 0 Å². The number of benzene rings is 2. The summed E-state index contributed by atoms with van der Waals surface area (Å²) in [6, 6.07) is 9.68. The minimum Gasteiger partial charge on any atom is -0.496 e. The smallest absolute Gasteiger partial charge is 0.335 e. The molecule has 180 valence electrons. The lowest BCUT2D eigenvalue weighted by Gasteiger charge is -2.52. The number of nitrogens with zero attached hydrogens (tertiary/aromatic N) is 1. The van der Waals surface area contributed by atoms with Crippen LogP contribution >= 0.6 is 0 Å². The second kappa shape index (κ2) is 9.06. The summed E-state index contributed by atoms with van der Waals surface area (Å²) in [4.78, 5) is 17.5. The zero-order chi connectivity index (χ0) is 23.9. The minimum atomic E-state index is -0.922. The maximum absolute atomic E-state index is 11.6. The Morgan fingerprint density at radius 3 is 2.94 bits per heavy atom.